The number of thiophene rings is 1. The summed E-state index contributed by atoms with van der Waals surface area (Å²) in [6, 6.07) is 2.71. The second-order valence-corrected chi connectivity index (χ2v) is 6.97. The van der Waals surface area contributed by atoms with E-state index in [2.05, 4.69) is 37.9 Å². The lowest BCUT2D eigenvalue weighted by Gasteiger charge is -2.25. The fraction of sp³-hybridized carbons (Fsp3) is 0.571. The Balaban J connectivity index is 1.69. The van der Waals surface area contributed by atoms with Crippen LogP contribution in [0.5, 0.6) is 0 Å². The van der Waals surface area contributed by atoms with Gasteiger partial charge in [0, 0.05) is 15.9 Å². The minimum atomic E-state index is 0.686. The predicted molar refractivity (Wildman–Crippen MR) is 83.7 cm³/mol. The van der Waals surface area contributed by atoms with Crippen molar-refractivity contribution in [2.45, 2.75) is 45.2 Å². The lowest BCUT2D eigenvalue weighted by atomic mass is 10.2. The molecule has 0 N–H and O–H groups in total. The molecule has 1 aliphatic carbocycles. The highest BCUT2D eigenvalue weighted by Crippen LogP contribution is 2.28. The van der Waals surface area contributed by atoms with Crippen LogP contribution in [0.1, 0.15) is 38.5 Å². The highest BCUT2D eigenvalue weighted by atomic mass is 79.9. The van der Waals surface area contributed by atoms with Gasteiger partial charge in [0.15, 0.2) is 0 Å². The van der Waals surface area contributed by atoms with Crippen LogP contribution in [0, 0.1) is 0 Å². The van der Waals surface area contributed by atoms with E-state index in [1.165, 1.54) is 25.7 Å². The Morgan fingerprint density at radius 2 is 2.25 bits per heavy atom. The summed E-state index contributed by atoms with van der Waals surface area (Å²) in [7, 11) is 0. The first-order chi connectivity index (χ1) is 9.76. The van der Waals surface area contributed by atoms with Crippen molar-refractivity contribution in [3.8, 4) is 10.7 Å². The molecule has 3 rings (SSSR count). The van der Waals surface area contributed by atoms with Crippen LogP contribution in [0.3, 0.4) is 0 Å². The van der Waals surface area contributed by atoms with Gasteiger partial charge in [-0.2, -0.15) is 4.98 Å². The van der Waals surface area contributed by atoms with Gasteiger partial charge >= 0.3 is 0 Å². The normalized spacial score (nSPS) is 16.4. The van der Waals surface area contributed by atoms with Crippen LogP contribution < -0.4 is 0 Å². The third-order valence-electron chi connectivity index (χ3n) is 3.84. The van der Waals surface area contributed by atoms with Gasteiger partial charge in [0.2, 0.25) is 11.7 Å². The molecule has 4 nitrogen and oxygen atoms in total. The summed E-state index contributed by atoms with van der Waals surface area (Å²) in [5, 5.41) is 6.12. The van der Waals surface area contributed by atoms with Gasteiger partial charge in [0.05, 0.1) is 11.4 Å². The van der Waals surface area contributed by atoms with Gasteiger partial charge < -0.3 is 4.52 Å². The largest absolute Gasteiger partial charge is 0.338 e. The third-order valence-corrected chi connectivity index (χ3v) is 5.53. The molecular formula is C14H18BrN3OS. The zero-order chi connectivity index (χ0) is 13.9. The number of hydrogen-bond donors (Lipinski definition) is 0. The predicted octanol–water partition coefficient (Wildman–Crippen LogP) is 4.33. The van der Waals surface area contributed by atoms with Crippen LogP contribution in [0.15, 0.2) is 20.4 Å². The van der Waals surface area contributed by atoms with Gasteiger partial charge in [-0.05, 0) is 41.4 Å². The molecule has 0 radical (unpaired) electrons. The molecule has 0 bridgehead atoms. The summed E-state index contributed by atoms with van der Waals surface area (Å²) < 4.78 is 6.47. The molecule has 0 atom stereocenters. The molecule has 0 aromatic carbocycles. The number of aromatic nitrogens is 2. The van der Waals surface area contributed by atoms with Crippen molar-refractivity contribution in [2.75, 3.05) is 6.54 Å². The molecule has 0 unspecified atom stereocenters. The topological polar surface area (TPSA) is 42.2 Å². The standard InChI is InChI=1S/C14H18BrN3OS/c1-2-18(11-5-3-4-6-11)8-13-16-14(17-19-13)12-7-10(15)9-20-12/h7,9,11H,2-6,8H2,1H3. The van der Waals surface area contributed by atoms with Crippen molar-refractivity contribution in [3.63, 3.8) is 0 Å². The lowest BCUT2D eigenvalue weighted by molar-refractivity contribution is 0.175. The van der Waals surface area contributed by atoms with Gasteiger partial charge in [0.1, 0.15) is 0 Å². The molecule has 0 saturated heterocycles. The van der Waals surface area contributed by atoms with Crippen molar-refractivity contribution in [1.82, 2.24) is 15.0 Å². The van der Waals surface area contributed by atoms with Crippen molar-refractivity contribution < 1.29 is 4.52 Å². The Hall–Kier alpha value is -0.720. The summed E-state index contributed by atoms with van der Waals surface area (Å²) in [5.41, 5.74) is 0. The molecular weight excluding hydrogens is 338 g/mol. The summed E-state index contributed by atoms with van der Waals surface area (Å²) in [5.74, 6) is 1.41. The van der Waals surface area contributed by atoms with E-state index in [9.17, 15) is 0 Å². The van der Waals surface area contributed by atoms with Crippen LogP contribution in [-0.4, -0.2) is 27.6 Å². The highest BCUT2D eigenvalue weighted by molar-refractivity contribution is 9.10. The number of hydrogen-bond acceptors (Lipinski definition) is 5. The maximum absolute atomic E-state index is 5.41. The molecule has 108 valence electrons. The van der Waals surface area contributed by atoms with Gasteiger partial charge in [0.25, 0.3) is 0 Å². The van der Waals surface area contributed by atoms with Crippen molar-refractivity contribution in [1.29, 1.82) is 0 Å². The summed E-state index contributed by atoms with van der Waals surface area (Å²) in [6.07, 6.45) is 5.29. The average Bonchev–Trinajstić information content (AvgIpc) is 3.16. The lowest BCUT2D eigenvalue weighted by Crippen LogP contribution is -2.32. The zero-order valence-corrected chi connectivity index (χ0v) is 13.9. The molecule has 1 saturated carbocycles. The maximum atomic E-state index is 5.41. The van der Waals surface area contributed by atoms with Crippen molar-refractivity contribution >= 4 is 27.3 Å². The fourth-order valence-electron chi connectivity index (χ4n) is 2.79. The number of halogens is 1. The van der Waals surface area contributed by atoms with Crippen molar-refractivity contribution in [3.05, 3.63) is 21.8 Å². The summed E-state index contributed by atoms with van der Waals surface area (Å²) >= 11 is 5.07. The monoisotopic (exact) mass is 355 g/mol. The van der Waals surface area contributed by atoms with E-state index in [1.54, 1.807) is 11.3 Å². The van der Waals surface area contributed by atoms with Crippen LogP contribution in [0.4, 0.5) is 0 Å². The van der Waals surface area contributed by atoms with Gasteiger partial charge in [-0.25, -0.2) is 0 Å². The molecule has 0 aliphatic heterocycles. The average molecular weight is 356 g/mol. The second-order valence-electron chi connectivity index (χ2n) is 5.14. The Labute approximate surface area is 131 Å². The molecule has 2 aromatic heterocycles. The molecule has 2 heterocycles. The minimum absolute atomic E-state index is 0.686. The van der Waals surface area contributed by atoms with Crippen LogP contribution in [-0.2, 0) is 6.54 Å². The van der Waals surface area contributed by atoms with E-state index in [-0.39, 0.29) is 0 Å². The second kappa shape index (κ2) is 6.37. The zero-order valence-electron chi connectivity index (χ0n) is 11.5. The van der Waals surface area contributed by atoms with Gasteiger partial charge in [-0.3, -0.25) is 4.90 Å². The number of rotatable bonds is 5. The van der Waals surface area contributed by atoms with E-state index in [1.807, 2.05) is 11.4 Å². The first-order valence-electron chi connectivity index (χ1n) is 7.07. The third kappa shape index (κ3) is 3.13. The first-order valence-corrected chi connectivity index (χ1v) is 8.74. The molecule has 20 heavy (non-hydrogen) atoms. The van der Waals surface area contributed by atoms with E-state index < -0.39 is 0 Å². The van der Waals surface area contributed by atoms with E-state index in [0.29, 0.717) is 11.9 Å². The fourth-order valence-corrected chi connectivity index (χ4v) is 4.14. The van der Waals surface area contributed by atoms with Crippen molar-refractivity contribution in [2.24, 2.45) is 0 Å². The summed E-state index contributed by atoms with van der Waals surface area (Å²) in [6.45, 7) is 4.00. The molecule has 1 fully saturated rings. The SMILES string of the molecule is CCN(Cc1nc(-c2cc(Br)cs2)no1)C1CCCC1. The van der Waals surface area contributed by atoms with E-state index in [4.69, 9.17) is 4.52 Å². The Bertz CT molecular complexity index is 562. The quantitative estimate of drug-likeness (QED) is 0.800. The van der Waals surface area contributed by atoms with Gasteiger partial charge in [-0.1, -0.05) is 24.9 Å². The molecule has 1 aliphatic rings. The Morgan fingerprint density at radius 3 is 2.90 bits per heavy atom. The number of nitrogens with zero attached hydrogens (tertiary/aromatic N) is 3. The Morgan fingerprint density at radius 1 is 1.45 bits per heavy atom. The molecule has 0 amide bonds. The smallest absolute Gasteiger partial charge is 0.241 e. The maximum Gasteiger partial charge on any atom is 0.241 e. The summed E-state index contributed by atoms with van der Waals surface area (Å²) in [4.78, 5) is 8.01. The van der Waals surface area contributed by atoms with E-state index >= 15 is 0 Å². The Kier molecular flexibility index (Phi) is 4.53. The molecule has 2 aromatic rings. The highest BCUT2D eigenvalue weighted by Gasteiger charge is 2.23. The van der Waals surface area contributed by atoms with E-state index in [0.717, 1.165) is 28.3 Å². The van der Waals surface area contributed by atoms with Gasteiger partial charge in [-0.15, -0.1) is 11.3 Å². The first kappa shape index (κ1) is 14.2. The molecule has 6 heteroatoms. The minimum Gasteiger partial charge on any atom is -0.338 e. The van der Waals surface area contributed by atoms with Crippen LogP contribution in [0.25, 0.3) is 10.7 Å². The molecule has 0 spiro atoms. The van der Waals surface area contributed by atoms with Crippen LogP contribution >= 0.6 is 27.3 Å². The van der Waals surface area contributed by atoms with Crippen LogP contribution in [0.2, 0.25) is 0 Å².